The summed E-state index contributed by atoms with van der Waals surface area (Å²) < 4.78 is 2.17. The number of pyridine rings is 1. The van der Waals surface area contributed by atoms with E-state index in [2.05, 4.69) is 60.8 Å². The van der Waals surface area contributed by atoms with E-state index in [9.17, 15) is 0 Å². The van der Waals surface area contributed by atoms with Gasteiger partial charge in [-0.05, 0) is 43.4 Å². The van der Waals surface area contributed by atoms with Crippen molar-refractivity contribution in [3.05, 3.63) is 48.2 Å². The lowest BCUT2D eigenvalue weighted by Crippen LogP contribution is -2.16. The molecule has 0 saturated heterocycles. The van der Waals surface area contributed by atoms with Crippen molar-refractivity contribution < 1.29 is 0 Å². The van der Waals surface area contributed by atoms with Gasteiger partial charge in [-0.25, -0.2) is 9.97 Å². The van der Waals surface area contributed by atoms with Crippen LogP contribution in [-0.2, 0) is 0 Å². The molecule has 3 atom stereocenters. The number of aromatic nitrogens is 6. The van der Waals surface area contributed by atoms with Crippen LogP contribution in [0.4, 0.5) is 5.82 Å². The highest BCUT2D eigenvalue weighted by Gasteiger charge is 2.37. The summed E-state index contributed by atoms with van der Waals surface area (Å²) in [4.78, 5) is 12.1. The maximum absolute atomic E-state index is 4.57. The van der Waals surface area contributed by atoms with Crippen molar-refractivity contribution in [3.63, 3.8) is 0 Å². The molecule has 0 spiro atoms. The first-order valence-electron chi connectivity index (χ1n) is 9.59. The Balaban J connectivity index is 1.48. The maximum Gasteiger partial charge on any atom is 0.179 e. The summed E-state index contributed by atoms with van der Waals surface area (Å²) in [6.45, 7) is 4.32. The van der Waals surface area contributed by atoms with Gasteiger partial charge in [0.2, 0.25) is 0 Å². The molecule has 0 radical (unpaired) electrons. The van der Waals surface area contributed by atoms with Gasteiger partial charge in [-0.15, -0.1) is 10.2 Å². The quantitative estimate of drug-likeness (QED) is 0.579. The Morgan fingerprint density at radius 1 is 1.15 bits per heavy atom. The molecule has 0 amide bonds. The fourth-order valence-electron chi connectivity index (χ4n) is 4.41. The van der Waals surface area contributed by atoms with Crippen molar-refractivity contribution in [2.45, 2.75) is 45.1 Å². The summed E-state index contributed by atoms with van der Waals surface area (Å²) in [5.74, 6) is 2.94. The van der Waals surface area contributed by atoms with E-state index < -0.39 is 0 Å². The van der Waals surface area contributed by atoms with Crippen LogP contribution < -0.4 is 5.32 Å². The summed E-state index contributed by atoms with van der Waals surface area (Å²) in [5.41, 5.74) is 3.89. The molecule has 27 heavy (non-hydrogen) atoms. The number of fused-ring (bicyclic) bond motifs is 3. The van der Waals surface area contributed by atoms with Gasteiger partial charge >= 0.3 is 0 Å². The third-order valence-electron chi connectivity index (χ3n) is 5.78. The number of aromatic amines is 1. The Morgan fingerprint density at radius 2 is 2.07 bits per heavy atom. The monoisotopic (exact) mass is 361 g/mol. The van der Waals surface area contributed by atoms with Crippen LogP contribution in [0.3, 0.4) is 0 Å². The normalized spacial score (nSPS) is 22.7. The molecule has 1 fully saturated rings. The molecule has 1 aliphatic carbocycles. The number of nitrogens with one attached hydrogen (secondary N) is 2. The van der Waals surface area contributed by atoms with Crippen molar-refractivity contribution in [2.75, 3.05) is 5.32 Å². The Bertz CT molecular complexity index is 1080. The van der Waals surface area contributed by atoms with E-state index in [0.29, 0.717) is 17.9 Å². The molecule has 1 saturated carbocycles. The molecule has 4 aromatic rings. The molecule has 0 aliphatic heterocycles. The SMILES string of the molecule is CC[C@@H]1C[C@H](Nc2ccc(C)cn2)C[C@H]1c1nnc2cnc3[nH]ccc3n12. The van der Waals surface area contributed by atoms with E-state index in [4.69, 9.17) is 0 Å². The van der Waals surface area contributed by atoms with Crippen LogP contribution in [0, 0.1) is 12.8 Å². The van der Waals surface area contributed by atoms with E-state index in [1.807, 2.05) is 18.5 Å². The number of hydrogen-bond donors (Lipinski definition) is 2. The number of nitrogens with zero attached hydrogens (tertiary/aromatic N) is 5. The standard InChI is InChI=1S/C20H23N7/c1-3-13-8-14(24-17-5-4-12(2)10-22-17)9-15(13)20-26-25-18-11-23-19-16(27(18)20)6-7-21-19/h4-7,10-11,13-15,21H,3,8-9H2,1-2H3,(H,22,24)/t13-,14+,15-/m1/s1. The average Bonchev–Trinajstić information content (AvgIpc) is 3.39. The number of H-pyrrole nitrogens is 1. The molecule has 0 bridgehead atoms. The van der Waals surface area contributed by atoms with Gasteiger partial charge in [0, 0.05) is 24.4 Å². The van der Waals surface area contributed by atoms with Gasteiger partial charge in [0.25, 0.3) is 0 Å². The van der Waals surface area contributed by atoms with Gasteiger partial charge in [0.05, 0.1) is 11.7 Å². The third kappa shape index (κ3) is 2.74. The van der Waals surface area contributed by atoms with Gasteiger partial charge < -0.3 is 10.3 Å². The van der Waals surface area contributed by atoms with Gasteiger partial charge in [0.1, 0.15) is 11.6 Å². The third-order valence-corrected chi connectivity index (χ3v) is 5.78. The van der Waals surface area contributed by atoms with Crippen LogP contribution in [0.1, 0.15) is 43.5 Å². The molecule has 1 aliphatic rings. The highest BCUT2D eigenvalue weighted by Crippen LogP contribution is 2.42. The van der Waals surface area contributed by atoms with Gasteiger partial charge in [-0.1, -0.05) is 19.4 Å². The Hall–Kier alpha value is -2.96. The summed E-state index contributed by atoms with van der Waals surface area (Å²) >= 11 is 0. The fourth-order valence-corrected chi connectivity index (χ4v) is 4.41. The largest absolute Gasteiger partial charge is 0.367 e. The van der Waals surface area contributed by atoms with E-state index in [0.717, 1.165) is 47.7 Å². The van der Waals surface area contributed by atoms with Crippen LogP contribution in [0.5, 0.6) is 0 Å². The van der Waals surface area contributed by atoms with Crippen molar-refractivity contribution >= 4 is 22.6 Å². The number of anilines is 1. The van der Waals surface area contributed by atoms with Gasteiger partial charge in [0.15, 0.2) is 11.3 Å². The second kappa shape index (κ2) is 6.33. The van der Waals surface area contributed by atoms with E-state index in [-0.39, 0.29) is 0 Å². The van der Waals surface area contributed by atoms with E-state index in [1.54, 1.807) is 6.20 Å². The number of hydrogen-bond acceptors (Lipinski definition) is 5. The molecular weight excluding hydrogens is 338 g/mol. The molecule has 4 heterocycles. The molecule has 0 unspecified atom stereocenters. The zero-order valence-corrected chi connectivity index (χ0v) is 15.6. The Morgan fingerprint density at radius 3 is 2.89 bits per heavy atom. The smallest absolute Gasteiger partial charge is 0.179 e. The Labute approximate surface area is 157 Å². The van der Waals surface area contributed by atoms with Crippen LogP contribution in [0.15, 0.2) is 36.8 Å². The Kier molecular flexibility index (Phi) is 3.81. The highest BCUT2D eigenvalue weighted by molar-refractivity contribution is 5.74. The number of rotatable bonds is 4. The van der Waals surface area contributed by atoms with Crippen molar-refractivity contribution in [2.24, 2.45) is 5.92 Å². The predicted molar refractivity (Wildman–Crippen MR) is 105 cm³/mol. The maximum atomic E-state index is 4.57. The lowest BCUT2D eigenvalue weighted by Gasteiger charge is -2.15. The van der Waals surface area contributed by atoms with Crippen molar-refractivity contribution in [3.8, 4) is 0 Å². The molecule has 5 rings (SSSR count). The van der Waals surface area contributed by atoms with Crippen LogP contribution in [0.25, 0.3) is 16.8 Å². The van der Waals surface area contributed by atoms with Gasteiger partial charge in [-0.2, -0.15) is 0 Å². The van der Waals surface area contributed by atoms with Crippen molar-refractivity contribution in [1.29, 1.82) is 0 Å². The average molecular weight is 361 g/mol. The minimum Gasteiger partial charge on any atom is -0.367 e. The molecular formula is C20H23N7. The van der Waals surface area contributed by atoms with Crippen LogP contribution in [-0.4, -0.2) is 35.6 Å². The zero-order valence-electron chi connectivity index (χ0n) is 15.6. The fraction of sp³-hybridized carbons (Fsp3) is 0.400. The summed E-state index contributed by atoms with van der Waals surface area (Å²) in [6.07, 6.45) is 8.89. The van der Waals surface area contributed by atoms with Crippen LogP contribution >= 0.6 is 0 Å². The summed E-state index contributed by atoms with van der Waals surface area (Å²) in [5, 5.41) is 12.6. The first kappa shape index (κ1) is 16.2. The molecule has 4 aromatic heterocycles. The summed E-state index contributed by atoms with van der Waals surface area (Å²) in [7, 11) is 0. The highest BCUT2D eigenvalue weighted by atomic mass is 15.3. The first-order valence-corrected chi connectivity index (χ1v) is 9.59. The molecule has 7 nitrogen and oxygen atoms in total. The predicted octanol–water partition coefficient (Wildman–Crippen LogP) is 3.69. The molecule has 138 valence electrons. The topological polar surface area (TPSA) is 83.8 Å². The van der Waals surface area contributed by atoms with Crippen molar-refractivity contribution in [1.82, 2.24) is 29.5 Å². The lowest BCUT2D eigenvalue weighted by atomic mass is 9.93. The second-order valence-corrected chi connectivity index (χ2v) is 7.53. The van der Waals surface area contributed by atoms with E-state index >= 15 is 0 Å². The molecule has 7 heteroatoms. The molecule has 2 N–H and O–H groups in total. The molecule has 0 aromatic carbocycles. The number of aryl methyl sites for hydroxylation is 1. The van der Waals surface area contributed by atoms with Crippen LogP contribution in [0.2, 0.25) is 0 Å². The second-order valence-electron chi connectivity index (χ2n) is 7.53. The van der Waals surface area contributed by atoms with E-state index in [1.165, 1.54) is 5.56 Å². The minimum absolute atomic E-state index is 0.369. The minimum atomic E-state index is 0.369. The lowest BCUT2D eigenvalue weighted by molar-refractivity contribution is 0.451. The van der Waals surface area contributed by atoms with Gasteiger partial charge in [-0.3, -0.25) is 4.40 Å². The summed E-state index contributed by atoms with van der Waals surface area (Å²) in [6, 6.07) is 6.60. The first-order chi connectivity index (χ1) is 13.2. The zero-order chi connectivity index (χ0) is 18.4.